The van der Waals surface area contributed by atoms with Crippen molar-refractivity contribution < 1.29 is 5.11 Å². The third-order valence-electron chi connectivity index (χ3n) is 2.19. The number of aromatic nitrogens is 1. The monoisotopic (exact) mass is 204 g/mol. The van der Waals surface area contributed by atoms with Crippen LogP contribution in [0.1, 0.15) is 24.6 Å². The second kappa shape index (κ2) is 5.32. The van der Waals surface area contributed by atoms with Gasteiger partial charge in [-0.15, -0.1) is 0 Å². The molecule has 80 valence electrons. The van der Waals surface area contributed by atoms with Crippen LogP contribution < -0.4 is 5.73 Å². The zero-order valence-corrected chi connectivity index (χ0v) is 8.90. The Morgan fingerprint density at radius 3 is 2.93 bits per heavy atom. The highest BCUT2D eigenvalue weighted by molar-refractivity contribution is 5.74. The van der Waals surface area contributed by atoms with Crippen LogP contribution >= 0.6 is 0 Å². The van der Waals surface area contributed by atoms with Gasteiger partial charge in [0.15, 0.2) is 0 Å². The fourth-order valence-electron chi connectivity index (χ4n) is 1.35. The molecule has 0 saturated carbocycles. The summed E-state index contributed by atoms with van der Waals surface area (Å²) >= 11 is 0. The predicted octanol–water partition coefficient (Wildman–Crippen LogP) is 2.41. The molecule has 0 aliphatic carbocycles. The first-order valence-electron chi connectivity index (χ1n) is 4.92. The minimum Gasteiger partial charge on any atom is -0.512 e. The molecule has 0 bridgehead atoms. The van der Waals surface area contributed by atoms with Gasteiger partial charge in [0.25, 0.3) is 0 Å². The van der Waals surface area contributed by atoms with Crippen LogP contribution in [0.25, 0.3) is 5.57 Å². The lowest BCUT2D eigenvalue weighted by molar-refractivity contribution is 0.398. The molecule has 0 aliphatic rings. The highest BCUT2D eigenvalue weighted by atomic mass is 16.3. The van der Waals surface area contributed by atoms with Gasteiger partial charge in [0.2, 0.25) is 0 Å². The summed E-state index contributed by atoms with van der Waals surface area (Å²) in [5.41, 5.74) is 7.95. The number of allylic oxidation sites excluding steroid dienone is 3. The summed E-state index contributed by atoms with van der Waals surface area (Å²) in [5, 5.41) is 9.69. The maximum Gasteiger partial charge on any atom is 0.0997 e. The quantitative estimate of drug-likeness (QED) is 0.585. The van der Waals surface area contributed by atoms with Crippen molar-refractivity contribution in [3.8, 4) is 0 Å². The van der Waals surface area contributed by atoms with Crippen LogP contribution in [0.15, 0.2) is 36.7 Å². The van der Waals surface area contributed by atoms with Gasteiger partial charge in [0.1, 0.15) is 0 Å². The van der Waals surface area contributed by atoms with Crippen LogP contribution in [0.2, 0.25) is 0 Å². The lowest BCUT2D eigenvalue weighted by Gasteiger charge is -2.06. The molecule has 1 aromatic rings. The molecule has 0 fully saturated rings. The molecule has 0 aliphatic heterocycles. The minimum atomic E-state index is 0.333. The number of hydrogen-bond donors (Lipinski definition) is 2. The Balaban J connectivity index is 3.18. The van der Waals surface area contributed by atoms with Gasteiger partial charge in [0, 0.05) is 24.7 Å². The standard InChI is InChI=1S/C12H16N2O/c1-3-11(12(15)4-2)9-5-6-14-10(7-9)8-13/h3,5-7,15H,1,4,8,13H2,2H3/b12-11-. The fourth-order valence-corrected chi connectivity index (χ4v) is 1.35. The van der Waals surface area contributed by atoms with Gasteiger partial charge in [-0.25, -0.2) is 0 Å². The molecule has 0 atom stereocenters. The smallest absolute Gasteiger partial charge is 0.0997 e. The van der Waals surface area contributed by atoms with Gasteiger partial charge in [-0.05, 0) is 17.7 Å². The van der Waals surface area contributed by atoms with E-state index in [1.165, 1.54) is 0 Å². The molecular weight excluding hydrogens is 188 g/mol. The first kappa shape index (κ1) is 11.5. The van der Waals surface area contributed by atoms with Crippen LogP contribution in [0, 0.1) is 0 Å². The molecule has 0 amide bonds. The predicted molar refractivity (Wildman–Crippen MR) is 62.2 cm³/mol. The highest BCUT2D eigenvalue weighted by Gasteiger charge is 2.04. The number of hydrogen-bond acceptors (Lipinski definition) is 3. The minimum absolute atomic E-state index is 0.333. The zero-order chi connectivity index (χ0) is 11.3. The highest BCUT2D eigenvalue weighted by Crippen LogP contribution is 2.20. The molecule has 0 aromatic carbocycles. The molecule has 0 spiro atoms. The topological polar surface area (TPSA) is 59.1 Å². The van der Waals surface area contributed by atoms with E-state index in [1.54, 1.807) is 12.3 Å². The summed E-state index contributed by atoms with van der Waals surface area (Å²) in [7, 11) is 0. The lowest BCUT2D eigenvalue weighted by atomic mass is 10.0. The molecule has 15 heavy (non-hydrogen) atoms. The SMILES string of the molecule is C=C/C(=C(/O)CC)c1ccnc(CN)c1. The normalized spacial score (nSPS) is 12.1. The van der Waals surface area contributed by atoms with Crippen LogP contribution in [0.4, 0.5) is 0 Å². The molecule has 3 heteroatoms. The van der Waals surface area contributed by atoms with Crippen molar-refractivity contribution in [2.45, 2.75) is 19.9 Å². The van der Waals surface area contributed by atoms with E-state index in [9.17, 15) is 5.11 Å². The second-order valence-electron chi connectivity index (χ2n) is 3.16. The second-order valence-corrected chi connectivity index (χ2v) is 3.16. The van der Waals surface area contributed by atoms with Crippen molar-refractivity contribution in [1.82, 2.24) is 4.98 Å². The third-order valence-corrected chi connectivity index (χ3v) is 2.19. The Kier molecular flexibility index (Phi) is 4.06. The largest absolute Gasteiger partial charge is 0.512 e. The van der Waals surface area contributed by atoms with E-state index in [4.69, 9.17) is 5.73 Å². The third kappa shape index (κ3) is 2.67. The van der Waals surface area contributed by atoms with E-state index in [-0.39, 0.29) is 0 Å². The number of aliphatic hydroxyl groups is 1. The average molecular weight is 204 g/mol. The molecule has 3 nitrogen and oxygen atoms in total. The van der Waals surface area contributed by atoms with Crippen LogP contribution in [0.5, 0.6) is 0 Å². The maximum atomic E-state index is 9.69. The van der Waals surface area contributed by atoms with E-state index in [0.717, 1.165) is 16.8 Å². The van der Waals surface area contributed by atoms with E-state index in [0.29, 0.717) is 18.7 Å². The van der Waals surface area contributed by atoms with Gasteiger partial charge < -0.3 is 10.8 Å². The van der Waals surface area contributed by atoms with Gasteiger partial charge >= 0.3 is 0 Å². The molecule has 1 aromatic heterocycles. The first-order valence-corrected chi connectivity index (χ1v) is 4.92. The summed E-state index contributed by atoms with van der Waals surface area (Å²) in [4.78, 5) is 4.10. The van der Waals surface area contributed by atoms with Gasteiger partial charge in [0.05, 0.1) is 11.5 Å². The molecule has 0 radical (unpaired) electrons. The summed E-state index contributed by atoms with van der Waals surface area (Å²) in [6, 6.07) is 3.70. The molecule has 0 unspecified atom stereocenters. The van der Waals surface area contributed by atoms with Crippen LogP contribution in [-0.2, 0) is 6.54 Å². The molecule has 3 N–H and O–H groups in total. The number of rotatable bonds is 4. The average Bonchev–Trinajstić information content (AvgIpc) is 2.30. The zero-order valence-electron chi connectivity index (χ0n) is 8.90. The van der Waals surface area contributed by atoms with E-state index < -0.39 is 0 Å². The maximum absolute atomic E-state index is 9.69. The fraction of sp³-hybridized carbons (Fsp3) is 0.250. The van der Waals surface area contributed by atoms with E-state index >= 15 is 0 Å². The summed E-state index contributed by atoms with van der Waals surface area (Å²) < 4.78 is 0. The summed E-state index contributed by atoms with van der Waals surface area (Å²) in [6.07, 6.45) is 3.92. The number of aliphatic hydroxyl groups excluding tert-OH is 1. The van der Waals surface area contributed by atoms with Gasteiger partial charge in [-0.1, -0.05) is 19.6 Å². The summed E-state index contributed by atoms with van der Waals surface area (Å²) in [6.45, 7) is 5.98. The Morgan fingerprint density at radius 1 is 1.67 bits per heavy atom. The van der Waals surface area contributed by atoms with Crippen LogP contribution in [0.3, 0.4) is 0 Å². The van der Waals surface area contributed by atoms with E-state index in [2.05, 4.69) is 11.6 Å². The van der Waals surface area contributed by atoms with Crippen molar-refractivity contribution >= 4 is 5.57 Å². The van der Waals surface area contributed by atoms with Crippen LogP contribution in [-0.4, -0.2) is 10.1 Å². The molecule has 0 saturated heterocycles. The van der Waals surface area contributed by atoms with Crippen molar-refractivity contribution in [1.29, 1.82) is 0 Å². The Bertz CT molecular complexity index is 383. The van der Waals surface area contributed by atoms with Gasteiger partial charge in [-0.2, -0.15) is 0 Å². The number of nitrogens with two attached hydrogens (primary N) is 1. The Morgan fingerprint density at radius 2 is 2.40 bits per heavy atom. The van der Waals surface area contributed by atoms with Crippen molar-refractivity contribution in [3.05, 3.63) is 48.0 Å². The van der Waals surface area contributed by atoms with Gasteiger partial charge in [-0.3, -0.25) is 4.98 Å². The number of pyridine rings is 1. The van der Waals surface area contributed by atoms with Crippen molar-refractivity contribution in [2.75, 3.05) is 0 Å². The van der Waals surface area contributed by atoms with E-state index in [1.807, 2.05) is 19.1 Å². The van der Waals surface area contributed by atoms with Crippen molar-refractivity contribution in [2.24, 2.45) is 5.73 Å². The molecular formula is C12H16N2O. The van der Waals surface area contributed by atoms with Crippen molar-refractivity contribution in [3.63, 3.8) is 0 Å². The first-order chi connectivity index (χ1) is 7.22. The molecule has 1 rings (SSSR count). The lowest BCUT2D eigenvalue weighted by Crippen LogP contribution is -2.00. The number of nitrogens with zero attached hydrogens (tertiary/aromatic N) is 1. The Hall–Kier alpha value is -1.61. The molecule has 1 heterocycles. The Labute approximate surface area is 90.0 Å². The summed E-state index contributed by atoms with van der Waals surface area (Å²) in [5.74, 6) is 0.333.